The molecule has 4 nitrogen and oxygen atoms in total. The van der Waals surface area contributed by atoms with Crippen LogP contribution in [0.25, 0.3) is 0 Å². The van der Waals surface area contributed by atoms with Crippen molar-refractivity contribution in [3.8, 4) is 11.5 Å². The summed E-state index contributed by atoms with van der Waals surface area (Å²) in [5.74, 6) is 1.59. The zero-order chi connectivity index (χ0) is 16.8. The largest absolute Gasteiger partial charge is 0.493 e. The molecule has 6 heteroatoms. The second-order valence-electron chi connectivity index (χ2n) is 6.15. The molecule has 0 aromatic heterocycles. The number of methoxy groups -OCH3 is 1. The third-order valence-corrected chi connectivity index (χ3v) is 4.61. The van der Waals surface area contributed by atoms with Gasteiger partial charge in [0.15, 0.2) is 11.5 Å². The average Bonchev–Trinajstić information content (AvgIpc) is 2.67. The van der Waals surface area contributed by atoms with Gasteiger partial charge in [-0.25, -0.2) is 0 Å². The Labute approximate surface area is 168 Å². The van der Waals surface area contributed by atoms with Crippen LogP contribution in [0, 0.1) is 0 Å². The van der Waals surface area contributed by atoms with Gasteiger partial charge in [-0.1, -0.05) is 36.4 Å². The zero-order valence-corrected chi connectivity index (χ0v) is 16.9. The molecule has 0 saturated carbocycles. The van der Waals surface area contributed by atoms with Gasteiger partial charge in [-0.05, 0) is 30.2 Å². The van der Waals surface area contributed by atoms with Crippen molar-refractivity contribution in [1.82, 2.24) is 10.2 Å². The second-order valence-corrected chi connectivity index (χ2v) is 6.15. The topological polar surface area (TPSA) is 33.7 Å². The summed E-state index contributed by atoms with van der Waals surface area (Å²) in [5, 5.41) is 3.40. The Kier molecular flexibility index (Phi) is 9.81. The standard InChI is InChI=1S/C20H26N2O2.2ClH/c1-16(22-12-10-21-11-13-22)18-8-9-19(20(14-18)23-2)24-15-17-6-4-3-5-7-17;;/h3-9,14,16,21H,10-13,15H2,1-2H3;2*1H/t16-;;/m0../s1. The van der Waals surface area contributed by atoms with Gasteiger partial charge in [0.05, 0.1) is 7.11 Å². The summed E-state index contributed by atoms with van der Waals surface area (Å²) < 4.78 is 11.5. The zero-order valence-electron chi connectivity index (χ0n) is 15.3. The second kappa shape index (κ2) is 11.3. The lowest BCUT2D eigenvalue weighted by Crippen LogP contribution is -2.44. The Hall–Kier alpha value is -1.46. The molecule has 0 unspecified atom stereocenters. The van der Waals surface area contributed by atoms with Gasteiger partial charge in [-0.2, -0.15) is 0 Å². The van der Waals surface area contributed by atoms with Crippen molar-refractivity contribution in [3.05, 3.63) is 59.7 Å². The molecule has 2 aromatic carbocycles. The predicted molar refractivity (Wildman–Crippen MR) is 111 cm³/mol. The van der Waals surface area contributed by atoms with E-state index in [0.29, 0.717) is 12.6 Å². The third-order valence-electron chi connectivity index (χ3n) is 4.61. The fraction of sp³-hybridized carbons (Fsp3) is 0.400. The van der Waals surface area contributed by atoms with Crippen molar-refractivity contribution in [2.75, 3.05) is 33.3 Å². The number of ether oxygens (including phenoxy) is 2. The van der Waals surface area contributed by atoms with Crippen LogP contribution in [0.5, 0.6) is 11.5 Å². The Morgan fingerprint density at radius 1 is 1.00 bits per heavy atom. The molecule has 26 heavy (non-hydrogen) atoms. The molecule has 0 radical (unpaired) electrons. The maximum atomic E-state index is 5.95. The van der Waals surface area contributed by atoms with Crippen LogP contribution in [0.2, 0.25) is 0 Å². The van der Waals surface area contributed by atoms with Crippen molar-refractivity contribution in [2.24, 2.45) is 0 Å². The number of hydrogen-bond donors (Lipinski definition) is 1. The number of nitrogens with one attached hydrogen (secondary N) is 1. The molecule has 0 aliphatic carbocycles. The van der Waals surface area contributed by atoms with Crippen LogP contribution in [0.15, 0.2) is 48.5 Å². The molecule has 2 aromatic rings. The van der Waals surface area contributed by atoms with Crippen LogP contribution >= 0.6 is 24.8 Å². The monoisotopic (exact) mass is 398 g/mol. The van der Waals surface area contributed by atoms with Gasteiger partial charge in [0.25, 0.3) is 0 Å². The summed E-state index contributed by atoms with van der Waals surface area (Å²) in [6.45, 7) is 7.07. The molecule has 0 spiro atoms. The smallest absolute Gasteiger partial charge is 0.161 e. The van der Waals surface area contributed by atoms with Gasteiger partial charge in [0.1, 0.15) is 6.61 Å². The van der Waals surface area contributed by atoms with E-state index in [4.69, 9.17) is 9.47 Å². The Morgan fingerprint density at radius 2 is 1.69 bits per heavy atom. The lowest BCUT2D eigenvalue weighted by Gasteiger charge is -2.33. The molecular formula is C20H28Cl2N2O2. The minimum Gasteiger partial charge on any atom is -0.493 e. The van der Waals surface area contributed by atoms with Crippen molar-refractivity contribution in [2.45, 2.75) is 19.6 Å². The highest BCUT2D eigenvalue weighted by molar-refractivity contribution is 5.85. The summed E-state index contributed by atoms with van der Waals surface area (Å²) in [6, 6.07) is 16.8. The number of halogens is 2. The van der Waals surface area contributed by atoms with Crippen LogP contribution in [0.3, 0.4) is 0 Å². The van der Waals surface area contributed by atoms with E-state index in [1.807, 2.05) is 24.3 Å². The number of benzene rings is 2. The maximum absolute atomic E-state index is 5.95. The quantitative estimate of drug-likeness (QED) is 0.794. The fourth-order valence-electron chi connectivity index (χ4n) is 3.08. The SMILES string of the molecule is COc1cc([C@H](C)N2CCNCC2)ccc1OCc1ccccc1.Cl.Cl. The average molecular weight is 399 g/mol. The van der Waals surface area contributed by atoms with Gasteiger partial charge >= 0.3 is 0 Å². The summed E-state index contributed by atoms with van der Waals surface area (Å²) in [4.78, 5) is 2.50. The summed E-state index contributed by atoms with van der Waals surface area (Å²) in [6.07, 6.45) is 0. The van der Waals surface area contributed by atoms with Gasteiger partial charge in [-0.3, -0.25) is 4.90 Å². The van der Waals surface area contributed by atoms with Crippen LogP contribution < -0.4 is 14.8 Å². The molecule has 0 bridgehead atoms. The van der Waals surface area contributed by atoms with Crippen LogP contribution in [-0.2, 0) is 6.61 Å². The highest BCUT2D eigenvalue weighted by Crippen LogP contribution is 2.32. The van der Waals surface area contributed by atoms with Crippen molar-refractivity contribution in [3.63, 3.8) is 0 Å². The maximum Gasteiger partial charge on any atom is 0.161 e. The number of hydrogen-bond acceptors (Lipinski definition) is 4. The van der Waals surface area contributed by atoms with E-state index in [0.717, 1.165) is 43.2 Å². The molecular weight excluding hydrogens is 371 g/mol. The van der Waals surface area contributed by atoms with Crippen molar-refractivity contribution in [1.29, 1.82) is 0 Å². The first kappa shape index (κ1) is 22.6. The van der Waals surface area contributed by atoms with Crippen LogP contribution in [-0.4, -0.2) is 38.2 Å². The van der Waals surface area contributed by atoms with Crippen molar-refractivity contribution >= 4 is 24.8 Å². The van der Waals surface area contributed by atoms with Gasteiger partial charge in [-0.15, -0.1) is 24.8 Å². The first-order chi connectivity index (χ1) is 11.8. The lowest BCUT2D eigenvalue weighted by molar-refractivity contribution is 0.185. The van der Waals surface area contributed by atoms with Crippen LogP contribution in [0.1, 0.15) is 24.1 Å². The molecule has 1 saturated heterocycles. The summed E-state index contributed by atoms with van der Waals surface area (Å²) in [5.41, 5.74) is 2.42. The minimum atomic E-state index is 0. The normalized spacial score (nSPS) is 15.3. The summed E-state index contributed by atoms with van der Waals surface area (Å²) in [7, 11) is 1.70. The Balaban J connectivity index is 0.00000169. The molecule has 0 amide bonds. The number of piperazine rings is 1. The molecule has 1 fully saturated rings. The number of nitrogens with zero attached hydrogens (tertiary/aromatic N) is 1. The first-order valence-corrected chi connectivity index (χ1v) is 8.57. The molecule has 1 N–H and O–H groups in total. The van der Waals surface area contributed by atoms with E-state index >= 15 is 0 Å². The highest BCUT2D eigenvalue weighted by atomic mass is 35.5. The molecule has 1 atom stereocenters. The molecule has 3 rings (SSSR count). The molecule has 144 valence electrons. The van der Waals surface area contributed by atoms with E-state index in [-0.39, 0.29) is 24.8 Å². The van der Waals surface area contributed by atoms with Gasteiger partial charge < -0.3 is 14.8 Å². The lowest BCUT2D eigenvalue weighted by atomic mass is 10.1. The first-order valence-electron chi connectivity index (χ1n) is 8.57. The van der Waals surface area contributed by atoms with Gasteiger partial charge in [0, 0.05) is 32.2 Å². The van der Waals surface area contributed by atoms with Crippen molar-refractivity contribution < 1.29 is 9.47 Å². The molecule has 1 aliphatic heterocycles. The van der Waals surface area contributed by atoms with E-state index < -0.39 is 0 Å². The highest BCUT2D eigenvalue weighted by Gasteiger charge is 2.19. The van der Waals surface area contributed by atoms with Crippen LogP contribution in [0.4, 0.5) is 0 Å². The predicted octanol–water partition coefficient (Wildman–Crippen LogP) is 4.08. The minimum absolute atomic E-state index is 0. The van der Waals surface area contributed by atoms with E-state index in [1.165, 1.54) is 5.56 Å². The molecule has 1 aliphatic rings. The van der Waals surface area contributed by atoms with Gasteiger partial charge in [0.2, 0.25) is 0 Å². The fourth-order valence-corrected chi connectivity index (χ4v) is 3.08. The Morgan fingerprint density at radius 3 is 2.35 bits per heavy atom. The number of rotatable bonds is 6. The molecule has 1 heterocycles. The van der Waals surface area contributed by atoms with E-state index in [1.54, 1.807) is 7.11 Å². The van der Waals surface area contributed by atoms with E-state index in [2.05, 4.69) is 41.4 Å². The summed E-state index contributed by atoms with van der Waals surface area (Å²) >= 11 is 0. The third kappa shape index (κ3) is 5.78. The van der Waals surface area contributed by atoms with E-state index in [9.17, 15) is 0 Å². The Bertz CT molecular complexity index is 650.